The first-order valence-electron chi connectivity index (χ1n) is 7.35. The van der Waals surface area contributed by atoms with Gasteiger partial charge in [0.1, 0.15) is 6.54 Å². The van der Waals surface area contributed by atoms with Crippen LogP contribution in [0.5, 0.6) is 0 Å². The number of carboxylic acid groups (broad SMARTS) is 1. The molecule has 5 heteroatoms. The minimum Gasteiger partial charge on any atom is -0.480 e. The molecule has 2 N–H and O–H groups in total. The molecular weight excluding hydrogens is 244 g/mol. The zero-order valence-corrected chi connectivity index (χ0v) is 12.0. The minimum atomic E-state index is -0.959. The second-order valence-electron chi connectivity index (χ2n) is 5.32. The summed E-state index contributed by atoms with van der Waals surface area (Å²) < 4.78 is 0. The Morgan fingerprint density at radius 3 is 2.53 bits per heavy atom. The molecule has 1 rings (SSSR count). The van der Waals surface area contributed by atoms with Crippen LogP contribution in [0.1, 0.15) is 52.4 Å². The molecule has 1 aliphatic rings. The third-order valence-corrected chi connectivity index (χ3v) is 3.85. The lowest BCUT2D eigenvalue weighted by Gasteiger charge is -2.33. The molecule has 5 nitrogen and oxygen atoms in total. The van der Waals surface area contributed by atoms with Crippen molar-refractivity contribution in [1.82, 2.24) is 10.2 Å². The average Bonchev–Trinajstić information content (AvgIpc) is 2.38. The lowest BCUT2D eigenvalue weighted by Crippen LogP contribution is -2.49. The van der Waals surface area contributed by atoms with E-state index in [0.717, 1.165) is 32.1 Å². The molecule has 1 saturated carbocycles. The van der Waals surface area contributed by atoms with Crippen LogP contribution >= 0.6 is 0 Å². The zero-order valence-electron chi connectivity index (χ0n) is 12.0. The van der Waals surface area contributed by atoms with Crippen molar-refractivity contribution in [1.29, 1.82) is 0 Å². The molecule has 0 saturated heterocycles. The van der Waals surface area contributed by atoms with Crippen LogP contribution in [0.25, 0.3) is 0 Å². The maximum atomic E-state index is 12.1. The molecule has 0 aromatic carbocycles. The van der Waals surface area contributed by atoms with E-state index in [1.807, 2.05) is 6.92 Å². The monoisotopic (exact) mass is 270 g/mol. The van der Waals surface area contributed by atoms with E-state index in [9.17, 15) is 9.59 Å². The second kappa shape index (κ2) is 8.02. The number of nitrogens with one attached hydrogen (secondary N) is 1. The van der Waals surface area contributed by atoms with Gasteiger partial charge in [-0.2, -0.15) is 0 Å². The summed E-state index contributed by atoms with van der Waals surface area (Å²) in [6.45, 7) is 4.36. The van der Waals surface area contributed by atoms with Crippen LogP contribution in [-0.4, -0.2) is 41.1 Å². The normalized spacial score (nSPS) is 22.8. The van der Waals surface area contributed by atoms with Crippen molar-refractivity contribution < 1.29 is 14.7 Å². The Labute approximate surface area is 115 Å². The van der Waals surface area contributed by atoms with E-state index >= 15 is 0 Å². The SMILES string of the molecule is CCCN(CC(=O)O)C(=O)NC1CCCCC1CC. The molecule has 110 valence electrons. The molecule has 2 atom stereocenters. The molecule has 0 aromatic heterocycles. The van der Waals surface area contributed by atoms with E-state index in [0.29, 0.717) is 12.5 Å². The Hall–Kier alpha value is -1.26. The molecule has 0 heterocycles. The van der Waals surface area contributed by atoms with Gasteiger partial charge in [0.25, 0.3) is 0 Å². The number of rotatable bonds is 6. The highest BCUT2D eigenvalue weighted by molar-refractivity contribution is 5.80. The summed E-state index contributed by atoms with van der Waals surface area (Å²) >= 11 is 0. The summed E-state index contributed by atoms with van der Waals surface area (Å²) in [5.41, 5.74) is 0. The van der Waals surface area contributed by atoms with Gasteiger partial charge in [0.2, 0.25) is 0 Å². The van der Waals surface area contributed by atoms with Crippen molar-refractivity contribution in [3.63, 3.8) is 0 Å². The molecule has 2 unspecified atom stereocenters. The van der Waals surface area contributed by atoms with E-state index in [1.54, 1.807) is 0 Å². The van der Waals surface area contributed by atoms with Gasteiger partial charge in [0, 0.05) is 12.6 Å². The van der Waals surface area contributed by atoms with Crippen molar-refractivity contribution in [2.45, 2.75) is 58.4 Å². The van der Waals surface area contributed by atoms with E-state index in [4.69, 9.17) is 5.11 Å². The Bertz CT molecular complexity index is 307. The maximum absolute atomic E-state index is 12.1. The summed E-state index contributed by atoms with van der Waals surface area (Å²) in [5, 5.41) is 11.9. The summed E-state index contributed by atoms with van der Waals surface area (Å²) in [5.74, 6) is -0.426. The van der Waals surface area contributed by atoms with Gasteiger partial charge in [-0.05, 0) is 25.2 Å². The van der Waals surface area contributed by atoms with Gasteiger partial charge in [-0.3, -0.25) is 4.79 Å². The first kappa shape index (κ1) is 15.8. The summed E-state index contributed by atoms with van der Waals surface area (Å²) in [4.78, 5) is 24.3. The van der Waals surface area contributed by atoms with Crippen molar-refractivity contribution in [2.75, 3.05) is 13.1 Å². The second-order valence-corrected chi connectivity index (χ2v) is 5.32. The Balaban J connectivity index is 2.56. The largest absolute Gasteiger partial charge is 0.480 e. The predicted octanol–water partition coefficient (Wildman–Crippen LogP) is 2.46. The zero-order chi connectivity index (χ0) is 14.3. The minimum absolute atomic E-state index is 0.208. The fourth-order valence-electron chi connectivity index (χ4n) is 2.82. The van der Waals surface area contributed by atoms with Crippen molar-refractivity contribution in [3.8, 4) is 0 Å². The van der Waals surface area contributed by atoms with E-state index in [1.165, 1.54) is 11.3 Å². The number of hydrogen-bond acceptors (Lipinski definition) is 2. The van der Waals surface area contributed by atoms with Crippen LogP contribution in [0.15, 0.2) is 0 Å². The van der Waals surface area contributed by atoms with Crippen molar-refractivity contribution >= 4 is 12.0 Å². The maximum Gasteiger partial charge on any atom is 0.323 e. The molecule has 0 spiro atoms. The summed E-state index contributed by atoms with van der Waals surface area (Å²) in [7, 11) is 0. The van der Waals surface area contributed by atoms with E-state index in [2.05, 4.69) is 12.2 Å². The van der Waals surface area contributed by atoms with Crippen LogP contribution in [0, 0.1) is 5.92 Å². The first-order chi connectivity index (χ1) is 9.08. The van der Waals surface area contributed by atoms with Gasteiger partial charge in [-0.1, -0.05) is 33.1 Å². The molecule has 0 aliphatic heterocycles. The van der Waals surface area contributed by atoms with Gasteiger partial charge in [-0.15, -0.1) is 0 Å². The number of aliphatic carboxylic acids is 1. The van der Waals surface area contributed by atoms with Crippen LogP contribution < -0.4 is 5.32 Å². The highest BCUT2D eigenvalue weighted by atomic mass is 16.4. The third-order valence-electron chi connectivity index (χ3n) is 3.85. The Morgan fingerprint density at radius 1 is 1.26 bits per heavy atom. The number of carbonyl (C=O) groups is 2. The van der Waals surface area contributed by atoms with Crippen LogP contribution in [0.2, 0.25) is 0 Å². The quantitative estimate of drug-likeness (QED) is 0.779. The number of amides is 2. The van der Waals surface area contributed by atoms with Crippen molar-refractivity contribution in [2.24, 2.45) is 5.92 Å². The highest BCUT2D eigenvalue weighted by Crippen LogP contribution is 2.26. The fraction of sp³-hybridized carbons (Fsp3) is 0.857. The number of carboxylic acids is 1. The van der Waals surface area contributed by atoms with Crippen LogP contribution in [-0.2, 0) is 4.79 Å². The molecule has 2 amide bonds. The molecule has 19 heavy (non-hydrogen) atoms. The van der Waals surface area contributed by atoms with Gasteiger partial charge in [0.05, 0.1) is 0 Å². The number of urea groups is 1. The molecule has 1 fully saturated rings. The highest BCUT2D eigenvalue weighted by Gasteiger charge is 2.27. The average molecular weight is 270 g/mol. The standard InChI is InChI=1S/C14H26N2O3/c1-3-9-16(10-13(17)18)14(19)15-12-8-6-5-7-11(12)4-2/h11-12H,3-10H2,1-2H3,(H,15,19)(H,17,18). The third kappa shape index (κ3) is 5.09. The lowest BCUT2D eigenvalue weighted by atomic mass is 9.83. The van der Waals surface area contributed by atoms with Crippen LogP contribution in [0.4, 0.5) is 4.79 Å². The Morgan fingerprint density at radius 2 is 1.95 bits per heavy atom. The van der Waals surface area contributed by atoms with Gasteiger partial charge in [-0.25, -0.2) is 4.79 Å². The van der Waals surface area contributed by atoms with E-state index in [-0.39, 0.29) is 18.6 Å². The molecule has 0 aromatic rings. The molecule has 1 aliphatic carbocycles. The van der Waals surface area contributed by atoms with Crippen LogP contribution in [0.3, 0.4) is 0 Å². The number of hydrogen-bond donors (Lipinski definition) is 2. The van der Waals surface area contributed by atoms with Gasteiger partial charge < -0.3 is 15.3 Å². The lowest BCUT2D eigenvalue weighted by molar-refractivity contribution is -0.137. The predicted molar refractivity (Wildman–Crippen MR) is 74.1 cm³/mol. The van der Waals surface area contributed by atoms with Gasteiger partial charge in [0.15, 0.2) is 0 Å². The van der Waals surface area contributed by atoms with Gasteiger partial charge >= 0.3 is 12.0 Å². The topological polar surface area (TPSA) is 69.6 Å². The Kier molecular flexibility index (Phi) is 6.67. The smallest absolute Gasteiger partial charge is 0.323 e. The van der Waals surface area contributed by atoms with E-state index < -0.39 is 5.97 Å². The first-order valence-corrected chi connectivity index (χ1v) is 7.35. The molecule has 0 radical (unpaired) electrons. The number of nitrogens with zero attached hydrogens (tertiary/aromatic N) is 1. The number of carbonyl (C=O) groups excluding carboxylic acids is 1. The summed E-state index contributed by atoms with van der Waals surface area (Å²) in [6.07, 6.45) is 6.39. The van der Waals surface area contributed by atoms with Crippen molar-refractivity contribution in [3.05, 3.63) is 0 Å². The fourth-order valence-corrected chi connectivity index (χ4v) is 2.82. The summed E-state index contributed by atoms with van der Waals surface area (Å²) in [6, 6.07) is -0.0194. The molecule has 0 bridgehead atoms. The molecular formula is C14H26N2O3.